The number of nitrogens with two attached hydrogens (primary N) is 1. The first kappa shape index (κ1) is 21.6. The zero-order valence-electron chi connectivity index (χ0n) is 17.0. The van der Waals surface area contributed by atoms with Crippen LogP contribution in [0.25, 0.3) is 16.3 Å². The summed E-state index contributed by atoms with van der Waals surface area (Å²) < 4.78 is 1.57. The van der Waals surface area contributed by atoms with E-state index >= 15 is 0 Å². The summed E-state index contributed by atoms with van der Waals surface area (Å²) in [6.07, 6.45) is 2.68. The Morgan fingerprint density at radius 2 is 1.94 bits per heavy atom. The fourth-order valence-corrected chi connectivity index (χ4v) is 4.38. The Morgan fingerprint density at radius 1 is 1.19 bits per heavy atom. The zero-order chi connectivity index (χ0) is 22.5. The van der Waals surface area contributed by atoms with E-state index in [4.69, 9.17) is 17.3 Å². The highest BCUT2D eigenvalue weighted by molar-refractivity contribution is 7.17. The van der Waals surface area contributed by atoms with E-state index < -0.39 is 0 Å². The van der Waals surface area contributed by atoms with E-state index in [0.29, 0.717) is 51.4 Å². The number of benzene rings is 2. The average Bonchev–Trinajstić information content (AvgIpc) is 3.42. The van der Waals surface area contributed by atoms with Gasteiger partial charge < -0.3 is 11.1 Å². The van der Waals surface area contributed by atoms with Gasteiger partial charge in [-0.15, -0.1) is 11.3 Å². The molecule has 2 aromatic carbocycles. The first-order valence-corrected chi connectivity index (χ1v) is 11.1. The Kier molecular flexibility index (Phi) is 6.50. The third-order valence-electron chi connectivity index (χ3n) is 4.82. The second kappa shape index (κ2) is 9.64. The Bertz CT molecular complexity index is 1290. The summed E-state index contributed by atoms with van der Waals surface area (Å²) in [6.45, 7) is 0.432. The van der Waals surface area contributed by atoms with E-state index in [9.17, 15) is 10.1 Å². The van der Waals surface area contributed by atoms with Crippen molar-refractivity contribution in [2.24, 2.45) is 0 Å². The van der Waals surface area contributed by atoms with Crippen molar-refractivity contribution in [1.82, 2.24) is 20.1 Å². The highest BCUT2D eigenvalue weighted by Gasteiger charge is 2.17. The van der Waals surface area contributed by atoms with E-state index in [-0.39, 0.29) is 5.91 Å². The summed E-state index contributed by atoms with van der Waals surface area (Å²) in [6, 6.07) is 18.9. The topological polar surface area (TPSA) is 110 Å². The molecule has 0 aliphatic rings. The summed E-state index contributed by atoms with van der Waals surface area (Å²) in [4.78, 5) is 17.3. The van der Waals surface area contributed by atoms with Gasteiger partial charge in [0.25, 0.3) is 5.91 Å². The average molecular weight is 463 g/mol. The van der Waals surface area contributed by atoms with Crippen LogP contribution in [0.2, 0.25) is 5.02 Å². The van der Waals surface area contributed by atoms with Crippen molar-refractivity contribution in [3.63, 3.8) is 0 Å². The Morgan fingerprint density at radius 3 is 2.69 bits per heavy atom. The maximum absolute atomic E-state index is 12.5. The fraction of sp³-hybridized carbons (Fsp3) is 0.130. The number of nitrogens with one attached hydrogen (secondary N) is 1. The molecule has 0 aliphatic heterocycles. The first-order valence-electron chi connectivity index (χ1n) is 9.90. The van der Waals surface area contributed by atoms with Crippen LogP contribution in [0.5, 0.6) is 0 Å². The number of nitriles is 1. The van der Waals surface area contributed by atoms with Crippen LogP contribution in [-0.2, 0) is 6.42 Å². The number of halogens is 1. The number of para-hydroxylation sites is 1. The van der Waals surface area contributed by atoms with E-state index in [2.05, 4.69) is 21.5 Å². The minimum Gasteiger partial charge on any atom is -0.382 e. The number of nitrogen functional groups attached to an aromatic ring is 1. The zero-order valence-corrected chi connectivity index (χ0v) is 18.5. The second-order valence-corrected chi connectivity index (χ2v) is 8.37. The van der Waals surface area contributed by atoms with Gasteiger partial charge >= 0.3 is 0 Å². The molecule has 4 rings (SSSR count). The lowest BCUT2D eigenvalue weighted by molar-refractivity contribution is 0.0957. The van der Waals surface area contributed by atoms with Crippen molar-refractivity contribution >= 4 is 34.7 Å². The third kappa shape index (κ3) is 4.49. The molecule has 2 aromatic heterocycles. The molecule has 0 saturated heterocycles. The molecule has 9 heteroatoms. The minimum atomic E-state index is -0.198. The van der Waals surface area contributed by atoms with Gasteiger partial charge in [0, 0.05) is 12.1 Å². The first-order chi connectivity index (χ1) is 15.6. The molecule has 3 N–H and O–H groups in total. The maximum Gasteiger partial charge on any atom is 0.263 e. The largest absolute Gasteiger partial charge is 0.382 e. The molecule has 0 radical (unpaired) electrons. The van der Waals surface area contributed by atoms with E-state index in [1.165, 1.54) is 11.3 Å². The monoisotopic (exact) mass is 462 g/mol. The van der Waals surface area contributed by atoms with E-state index in [0.717, 1.165) is 11.3 Å². The molecule has 1 amide bonds. The van der Waals surface area contributed by atoms with Crippen molar-refractivity contribution in [2.75, 3.05) is 12.3 Å². The molecule has 0 spiro atoms. The highest BCUT2D eigenvalue weighted by atomic mass is 35.5. The molecular weight excluding hydrogens is 444 g/mol. The van der Waals surface area contributed by atoms with Gasteiger partial charge in [-0.05, 0) is 31.0 Å². The molecule has 32 heavy (non-hydrogen) atoms. The minimum absolute atomic E-state index is 0.198. The van der Waals surface area contributed by atoms with Crippen molar-refractivity contribution in [3.05, 3.63) is 82.0 Å². The maximum atomic E-state index is 12.5. The van der Waals surface area contributed by atoms with Crippen LogP contribution < -0.4 is 11.1 Å². The Hall–Kier alpha value is -3.67. The number of hydrogen-bond acceptors (Lipinski definition) is 6. The number of hydrogen-bond donors (Lipinski definition) is 2. The lowest BCUT2D eigenvalue weighted by atomic mass is 10.1. The molecule has 0 unspecified atom stereocenters. The predicted octanol–water partition coefficient (Wildman–Crippen LogP) is 4.47. The molecule has 0 fully saturated rings. The van der Waals surface area contributed by atoms with Crippen LogP contribution in [-0.4, -0.2) is 27.2 Å². The predicted molar refractivity (Wildman–Crippen MR) is 126 cm³/mol. The van der Waals surface area contributed by atoms with Crippen molar-refractivity contribution in [1.29, 1.82) is 5.26 Å². The normalized spacial score (nSPS) is 10.6. The van der Waals surface area contributed by atoms with Crippen LogP contribution in [0, 0.1) is 11.3 Å². The van der Waals surface area contributed by atoms with Gasteiger partial charge in [-0.3, -0.25) is 4.79 Å². The highest BCUT2D eigenvalue weighted by Crippen LogP contribution is 2.30. The van der Waals surface area contributed by atoms with Gasteiger partial charge in [-0.25, -0.2) is 9.67 Å². The number of anilines is 1. The Balaban J connectivity index is 1.36. The number of aromatic nitrogens is 3. The van der Waals surface area contributed by atoms with Crippen molar-refractivity contribution in [3.8, 4) is 22.3 Å². The number of carbonyl (C=O) groups excluding carboxylic acids is 1. The molecule has 0 saturated carbocycles. The van der Waals surface area contributed by atoms with E-state index in [1.807, 2.05) is 48.5 Å². The number of thiazole rings is 1. The van der Waals surface area contributed by atoms with Crippen LogP contribution in [0.1, 0.15) is 27.3 Å². The summed E-state index contributed by atoms with van der Waals surface area (Å²) >= 11 is 7.50. The van der Waals surface area contributed by atoms with Crippen LogP contribution in [0.3, 0.4) is 0 Å². The SMILES string of the molecule is N#Cc1c(CCCNC(=O)c2cnc(-c3ccccc3Cl)s2)nn(-c2ccccc2)c1N. The summed E-state index contributed by atoms with van der Waals surface area (Å²) in [5.41, 5.74) is 8.70. The number of nitrogens with zero attached hydrogens (tertiary/aromatic N) is 4. The number of aryl methyl sites for hydroxylation is 1. The summed E-state index contributed by atoms with van der Waals surface area (Å²) in [5, 5.41) is 18.2. The quantitative estimate of drug-likeness (QED) is 0.394. The van der Waals surface area contributed by atoms with Gasteiger partial charge in [-0.1, -0.05) is 48.0 Å². The fourth-order valence-electron chi connectivity index (χ4n) is 3.22. The molecule has 160 valence electrons. The smallest absolute Gasteiger partial charge is 0.263 e. The summed E-state index contributed by atoms with van der Waals surface area (Å²) in [5.74, 6) is 0.116. The Labute approximate surface area is 194 Å². The third-order valence-corrected chi connectivity index (χ3v) is 6.17. The van der Waals surface area contributed by atoms with Crippen molar-refractivity contribution < 1.29 is 4.79 Å². The van der Waals surface area contributed by atoms with Gasteiger partial charge in [0.15, 0.2) is 0 Å². The molecule has 0 atom stereocenters. The number of rotatable bonds is 7. The number of carbonyl (C=O) groups is 1. The molecule has 7 nitrogen and oxygen atoms in total. The molecule has 2 heterocycles. The van der Waals surface area contributed by atoms with Gasteiger partial charge in [0.05, 0.1) is 22.6 Å². The summed E-state index contributed by atoms with van der Waals surface area (Å²) in [7, 11) is 0. The lowest BCUT2D eigenvalue weighted by Crippen LogP contribution is -2.24. The number of amides is 1. The molecule has 4 aromatic rings. The van der Waals surface area contributed by atoms with E-state index in [1.54, 1.807) is 16.9 Å². The molecule has 0 bridgehead atoms. The van der Waals surface area contributed by atoms with Crippen LogP contribution in [0.4, 0.5) is 5.82 Å². The van der Waals surface area contributed by atoms with Crippen LogP contribution >= 0.6 is 22.9 Å². The molecule has 0 aliphatic carbocycles. The van der Waals surface area contributed by atoms with Gasteiger partial charge in [-0.2, -0.15) is 10.4 Å². The van der Waals surface area contributed by atoms with Crippen molar-refractivity contribution in [2.45, 2.75) is 12.8 Å². The molecular formula is C23H19ClN6OS. The second-order valence-electron chi connectivity index (χ2n) is 6.94. The lowest BCUT2D eigenvalue weighted by Gasteiger charge is -2.03. The van der Waals surface area contributed by atoms with Crippen LogP contribution in [0.15, 0.2) is 60.8 Å². The standard InChI is InChI=1S/C23H19ClN6OS/c24-18-10-5-4-9-16(18)23-28-14-20(32-23)22(31)27-12-6-11-19-17(13-25)21(26)30(29-19)15-7-2-1-3-8-15/h1-5,7-10,14H,6,11-12,26H2,(H,27,31). The van der Waals surface area contributed by atoms with Gasteiger partial charge in [0.1, 0.15) is 27.3 Å². The van der Waals surface area contributed by atoms with Gasteiger partial charge in [0.2, 0.25) is 0 Å².